The molecule has 0 atom stereocenters. The molecular formula is C14H23N3O. The van der Waals surface area contributed by atoms with Gasteiger partial charge in [-0.1, -0.05) is 32.0 Å². The zero-order chi connectivity index (χ0) is 13.4. The zero-order valence-corrected chi connectivity index (χ0v) is 11.7. The number of rotatable bonds is 5. The fourth-order valence-electron chi connectivity index (χ4n) is 1.55. The Balaban J connectivity index is 2.52. The van der Waals surface area contributed by atoms with Crippen molar-refractivity contribution in [2.24, 2.45) is 10.9 Å². The van der Waals surface area contributed by atoms with Crippen molar-refractivity contribution >= 4 is 5.96 Å². The summed E-state index contributed by atoms with van der Waals surface area (Å²) in [4.78, 5) is 4.18. The maximum Gasteiger partial charge on any atom is 0.191 e. The lowest BCUT2D eigenvalue weighted by Crippen LogP contribution is -2.38. The van der Waals surface area contributed by atoms with Crippen molar-refractivity contribution in [2.75, 3.05) is 20.7 Å². The van der Waals surface area contributed by atoms with E-state index in [0.717, 1.165) is 23.8 Å². The largest absolute Gasteiger partial charge is 0.496 e. The summed E-state index contributed by atoms with van der Waals surface area (Å²) in [6.45, 7) is 5.94. The lowest BCUT2D eigenvalue weighted by atomic mass is 10.2. The number of ether oxygens (including phenoxy) is 1. The standard InChI is InChI=1S/C14H23N3O/c1-11(2)9-16-14(15-3)17-10-12-7-5-6-8-13(12)18-4/h5-8,11H,9-10H2,1-4H3,(H2,15,16,17). The first-order valence-corrected chi connectivity index (χ1v) is 6.23. The molecule has 1 aromatic rings. The second-order valence-electron chi connectivity index (χ2n) is 4.51. The number of aliphatic imine (C=N–C) groups is 1. The number of guanidine groups is 1. The van der Waals surface area contributed by atoms with Crippen molar-refractivity contribution in [3.8, 4) is 5.75 Å². The molecule has 100 valence electrons. The molecule has 0 bridgehead atoms. The van der Waals surface area contributed by atoms with E-state index in [4.69, 9.17) is 4.74 Å². The van der Waals surface area contributed by atoms with Crippen LogP contribution in [0.15, 0.2) is 29.3 Å². The quantitative estimate of drug-likeness (QED) is 0.620. The molecule has 1 rings (SSSR count). The fourth-order valence-corrected chi connectivity index (χ4v) is 1.55. The van der Waals surface area contributed by atoms with Gasteiger partial charge in [0.1, 0.15) is 5.75 Å². The monoisotopic (exact) mass is 249 g/mol. The highest BCUT2D eigenvalue weighted by Gasteiger charge is 2.03. The summed E-state index contributed by atoms with van der Waals surface area (Å²) in [5.74, 6) is 2.30. The Labute approximate surface area is 109 Å². The molecule has 0 saturated carbocycles. The van der Waals surface area contributed by atoms with Gasteiger partial charge >= 0.3 is 0 Å². The van der Waals surface area contributed by atoms with Gasteiger partial charge < -0.3 is 15.4 Å². The predicted molar refractivity (Wildman–Crippen MR) is 76.0 cm³/mol. The van der Waals surface area contributed by atoms with E-state index in [9.17, 15) is 0 Å². The molecular weight excluding hydrogens is 226 g/mol. The van der Waals surface area contributed by atoms with Crippen molar-refractivity contribution in [3.63, 3.8) is 0 Å². The Hall–Kier alpha value is -1.71. The lowest BCUT2D eigenvalue weighted by Gasteiger charge is -2.14. The molecule has 0 aliphatic carbocycles. The second kappa shape index (κ2) is 7.58. The first-order valence-electron chi connectivity index (χ1n) is 6.23. The average molecular weight is 249 g/mol. The van der Waals surface area contributed by atoms with E-state index in [1.165, 1.54) is 0 Å². The predicted octanol–water partition coefficient (Wildman–Crippen LogP) is 2.02. The molecule has 0 fully saturated rings. The number of benzene rings is 1. The number of nitrogens with one attached hydrogen (secondary N) is 2. The molecule has 18 heavy (non-hydrogen) atoms. The van der Waals surface area contributed by atoms with Crippen LogP contribution in [0.25, 0.3) is 0 Å². The van der Waals surface area contributed by atoms with Crippen molar-refractivity contribution in [2.45, 2.75) is 20.4 Å². The molecule has 0 spiro atoms. The average Bonchev–Trinajstić information content (AvgIpc) is 2.39. The lowest BCUT2D eigenvalue weighted by molar-refractivity contribution is 0.409. The van der Waals surface area contributed by atoms with Crippen LogP contribution in [-0.4, -0.2) is 26.7 Å². The minimum absolute atomic E-state index is 0.592. The summed E-state index contributed by atoms with van der Waals surface area (Å²) in [5.41, 5.74) is 1.12. The molecule has 1 aromatic carbocycles. The summed E-state index contributed by atoms with van der Waals surface area (Å²) in [6, 6.07) is 7.97. The topological polar surface area (TPSA) is 45.7 Å². The van der Waals surface area contributed by atoms with Crippen LogP contribution < -0.4 is 15.4 Å². The van der Waals surface area contributed by atoms with Crippen molar-refractivity contribution < 1.29 is 4.74 Å². The third kappa shape index (κ3) is 4.65. The Morgan fingerprint density at radius 2 is 2.00 bits per heavy atom. The highest BCUT2D eigenvalue weighted by atomic mass is 16.5. The SMILES string of the molecule is CN=C(NCc1ccccc1OC)NCC(C)C. The molecule has 0 aromatic heterocycles. The van der Waals surface area contributed by atoms with Gasteiger partial charge in [-0.15, -0.1) is 0 Å². The fraction of sp³-hybridized carbons (Fsp3) is 0.500. The zero-order valence-electron chi connectivity index (χ0n) is 11.7. The van der Waals surface area contributed by atoms with E-state index in [1.54, 1.807) is 14.2 Å². The van der Waals surface area contributed by atoms with Crippen LogP contribution in [0.3, 0.4) is 0 Å². The normalized spacial score (nSPS) is 11.5. The number of methoxy groups -OCH3 is 1. The number of nitrogens with zero attached hydrogens (tertiary/aromatic N) is 1. The molecule has 4 nitrogen and oxygen atoms in total. The van der Waals surface area contributed by atoms with Crippen molar-refractivity contribution in [1.82, 2.24) is 10.6 Å². The van der Waals surface area contributed by atoms with E-state index in [-0.39, 0.29) is 0 Å². The second-order valence-corrected chi connectivity index (χ2v) is 4.51. The smallest absolute Gasteiger partial charge is 0.191 e. The first kappa shape index (κ1) is 14.4. The Morgan fingerprint density at radius 1 is 1.28 bits per heavy atom. The van der Waals surface area contributed by atoms with Gasteiger partial charge in [-0.05, 0) is 12.0 Å². The number of para-hydroxylation sites is 1. The summed E-state index contributed by atoms with van der Waals surface area (Å²) < 4.78 is 5.31. The van der Waals surface area contributed by atoms with E-state index in [1.807, 2.05) is 24.3 Å². The highest BCUT2D eigenvalue weighted by Crippen LogP contribution is 2.16. The molecule has 0 heterocycles. The Morgan fingerprint density at radius 3 is 2.61 bits per heavy atom. The Bertz CT molecular complexity index is 388. The van der Waals surface area contributed by atoms with Crippen molar-refractivity contribution in [1.29, 1.82) is 0 Å². The third-order valence-electron chi connectivity index (χ3n) is 2.54. The third-order valence-corrected chi connectivity index (χ3v) is 2.54. The molecule has 0 unspecified atom stereocenters. The maximum atomic E-state index is 5.31. The number of hydrogen-bond acceptors (Lipinski definition) is 2. The molecule has 4 heteroatoms. The van der Waals surface area contributed by atoms with Gasteiger partial charge in [0.25, 0.3) is 0 Å². The van der Waals surface area contributed by atoms with Gasteiger partial charge in [0, 0.05) is 25.7 Å². The first-order chi connectivity index (χ1) is 8.67. The summed E-state index contributed by atoms with van der Waals surface area (Å²) >= 11 is 0. The summed E-state index contributed by atoms with van der Waals surface area (Å²) in [6.07, 6.45) is 0. The molecule has 0 aliphatic rings. The van der Waals surface area contributed by atoms with E-state index >= 15 is 0 Å². The summed E-state index contributed by atoms with van der Waals surface area (Å²) in [5, 5.41) is 6.55. The van der Waals surface area contributed by atoms with Gasteiger partial charge in [0.15, 0.2) is 5.96 Å². The van der Waals surface area contributed by atoms with Crippen LogP contribution >= 0.6 is 0 Å². The maximum absolute atomic E-state index is 5.31. The number of hydrogen-bond donors (Lipinski definition) is 2. The van der Waals surface area contributed by atoms with Gasteiger partial charge in [-0.2, -0.15) is 0 Å². The van der Waals surface area contributed by atoms with Crippen LogP contribution in [-0.2, 0) is 6.54 Å². The van der Waals surface area contributed by atoms with Gasteiger partial charge in [-0.25, -0.2) is 0 Å². The van der Waals surface area contributed by atoms with E-state index < -0.39 is 0 Å². The molecule has 0 saturated heterocycles. The Kier molecular flexibility index (Phi) is 6.05. The van der Waals surface area contributed by atoms with E-state index in [2.05, 4.69) is 29.5 Å². The van der Waals surface area contributed by atoms with Crippen LogP contribution in [0.5, 0.6) is 5.75 Å². The van der Waals surface area contributed by atoms with Gasteiger partial charge in [-0.3, -0.25) is 4.99 Å². The summed E-state index contributed by atoms with van der Waals surface area (Å²) in [7, 11) is 3.46. The highest BCUT2D eigenvalue weighted by molar-refractivity contribution is 5.79. The van der Waals surface area contributed by atoms with Crippen LogP contribution in [0.4, 0.5) is 0 Å². The van der Waals surface area contributed by atoms with E-state index in [0.29, 0.717) is 12.5 Å². The molecule has 2 N–H and O–H groups in total. The van der Waals surface area contributed by atoms with Crippen LogP contribution in [0.1, 0.15) is 19.4 Å². The minimum atomic E-state index is 0.592. The van der Waals surface area contributed by atoms with Gasteiger partial charge in [0.2, 0.25) is 0 Å². The molecule has 0 amide bonds. The minimum Gasteiger partial charge on any atom is -0.496 e. The molecule has 0 radical (unpaired) electrons. The van der Waals surface area contributed by atoms with Gasteiger partial charge in [0.05, 0.1) is 7.11 Å². The van der Waals surface area contributed by atoms with Crippen LogP contribution in [0, 0.1) is 5.92 Å². The van der Waals surface area contributed by atoms with Crippen LogP contribution in [0.2, 0.25) is 0 Å². The molecule has 0 aliphatic heterocycles. The van der Waals surface area contributed by atoms with Crippen molar-refractivity contribution in [3.05, 3.63) is 29.8 Å².